The number of hydrogen-bond acceptors (Lipinski definition) is 7. The Morgan fingerprint density at radius 1 is 1.27 bits per heavy atom. The number of aromatic nitrogens is 2. The first-order valence-corrected chi connectivity index (χ1v) is 15.0. The third-order valence-electron chi connectivity index (χ3n) is 6.91. The zero-order valence-electron chi connectivity index (χ0n) is 20.8. The van der Waals surface area contributed by atoms with E-state index in [0.717, 1.165) is 11.3 Å². The molecule has 1 unspecified atom stereocenters. The van der Waals surface area contributed by atoms with Crippen LogP contribution in [0.1, 0.15) is 36.1 Å². The zero-order chi connectivity index (χ0) is 29.0. The fourth-order valence-electron chi connectivity index (χ4n) is 4.71. The van der Waals surface area contributed by atoms with Crippen LogP contribution in [0.5, 0.6) is 5.88 Å². The molecule has 0 saturated heterocycles. The summed E-state index contributed by atoms with van der Waals surface area (Å²) in [4.78, 5) is 12.9. The van der Waals surface area contributed by atoms with Crippen molar-refractivity contribution in [2.75, 3.05) is 10.6 Å². The SMILES string of the molecule is Cn1nc(OC(F)F)cc1NC(=S)N[C@H]1CCc2sc(NC(=O)C3CC3(F)F)c(S(=O)(=O)NC3CC(F)C3)c2C1. The molecule has 2 saturated carbocycles. The number of ether oxygens (including phenoxy) is 1. The molecule has 3 aliphatic rings. The molecule has 10 nitrogen and oxygen atoms in total. The Hall–Kier alpha value is -2.57. The topological polar surface area (TPSA) is 126 Å². The number of thiocarbonyl (C=S) groups is 1. The third-order valence-corrected chi connectivity index (χ3v) is 10.1. The lowest BCUT2D eigenvalue weighted by atomic mass is 9.92. The van der Waals surface area contributed by atoms with Gasteiger partial charge in [-0.15, -0.1) is 16.4 Å². The average molecular weight is 629 g/mol. The van der Waals surface area contributed by atoms with Gasteiger partial charge in [0.1, 0.15) is 27.8 Å². The van der Waals surface area contributed by atoms with Gasteiger partial charge in [0.05, 0.1) is 0 Å². The van der Waals surface area contributed by atoms with Crippen LogP contribution in [0.25, 0.3) is 0 Å². The van der Waals surface area contributed by atoms with Crippen LogP contribution in [0, 0.1) is 5.92 Å². The Morgan fingerprint density at radius 3 is 2.60 bits per heavy atom. The highest BCUT2D eigenvalue weighted by atomic mass is 32.2. The molecule has 0 spiro atoms. The summed E-state index contributed by atoms with van der Waals surface area (Å²) in [5.41, 5.74) is 0.409. The number of carbonyl (C=O) groups is 1. The van der Waals surface area contributed by atoms with Crippen LogP contribution in [0.2, 0.25) is 0 Å². The van der Waals surface area contributed by atoms with Gasteiger partial charge in [-0.05, 0) is 49.9 Å². The van der Waals surface area contributed by atoms with E-state index in [-0.39, 0.29) is 52.0 Å². The van der Waals surface area contributed by atoms with E-state index in [1.54, 1.807) is 0 Å². The van der Waals surface area contributed by atoms with Crippen LogP contribution < -0.4 is 25.4 Å². The van der Waals surface area contributed by atoms with Gasteiger partial charge in [-0.2, -0.15) is 8.78 Å². The van der Waals surface area contributed by atoms with E-state index < -0.39 is 53.0 Å². The minimum absolute atomic E-state index is 0.0176. The van der Waals surface area contributed by atoms with E-state index >= 15 is 0 Å². The standard InChI is InChI=1S/C22H25F5N6O4S3/c1-33-15(7-16(31-33)37-20(24)25)29-21(38)28-10-2-3-14-12(6-10)17(40(35,36)32-11-4-9(23)5-11)19(39-14)30-18(34)13-8-22(13,26)27/h7,9-11,13,20,32H,2-6,8H2,1H3,(H,30,34)(H2,28,29,38)/t9?,10-,11?,13?/m0/s1. The smallest absolute Gasteiger partial charge is 0.388 e. The van der Waals surface area contributed by atoms with Gasteiger partial charge in [0.25, 0.3) is 5.92 Å². The number of alkyl halides is 5. The van der Waals surface area contributed by atoms with Gasteiger partial charge in [-0.3, -0.25) is 4.79 Å². The lowest BCUT2D eigenvalue weighted by Gasteiger charge is -2.30. The van der Waals surface area contributed by atoms with E-state index in [1.165, 1.54) is 17.8 Å². The summed E-state index contributed by atoms with van der Waals surface area (Å²) >= 11 is 6.36. The molecule has 18 heteroatoms. The van der Waals surface area contributed by atoms with Gasteiger partial charge >= 0.3 is 6.61 Å². The van der Waals surface area contributed by atoms with Gasteiger partial charge < -0.3 is 20.7 Å². The molecule has 220 valence electrons. The molecular weight excluding hydrogens is 603 g/mol. The Bertz CT molecular complexity index is 1430. The number of carbonyl (C=O) groups excluding carboxylic acids is 1. The second-order valence-electron chi connectivity index (χ2n) is 9.96. The molecule has 2 aromatic heterocycles. The molecule has 2 atom stereocenters. The second kappa shape index (κ2) is 10.7. The maximum Gasteiger partial charge on any atom is 0.388 e. The lowest BCUT2D eigenvalue weighted by Crippen LogP contribution is -2.45. The monoisotopic (exact) mass is 628 g/mol. The van der Waals surface area contributed by atoms with Crippen molar-refractivity contribution in [2.24, 2.45) is 13.0 Å². The van der Waals surface area contributed by atoms with Crippen molar-refractivity contribution in [1.29, 1.82) is 0 Å². The van der Waals surface area contributed by atoms with Gasteiger partial charge in [-0.1, -0.05) is 0 Å². The minimum Gasteiger partial charge on any atom is -0.415 e. The van der Waals surface area contributed by atoms with E-state index in [1.807, 2.05) is 0 Å². The summed E-state index contributed by atoms with van der Waals surface area (Å²) in [6.45, 7) is -3.05. The molecular formula is C22H25F5N6O4S3. The number of nitrogens with one attached hydrogen (secondary N) is 4. The molecule has 0 radical (unpaired) electrons. The Labute approximate surface area is 235 Å². The summed E-state index contributed by atoms with van der Waals surface area (Å²) in [5, 5.41) is 12.1. The highest BCUT2D eigenvalue weighted by Gasteiger charge is 2.61. The van der Waals surface area contributed by atoms with Crippen molar-refractivity contribution in [3.05, 3.63) is 16.5 Å². The number of anilines is 2. The summed E-state index contributed by atoms with van der Waals surface area (Å²) < 4.78 is 100. The maximum atomic E-state index is 13.5. The van der Waals surface area contributed by atoms with Crippen LogP contribution >= 0.6 is 23.6 Å². The largest absolute Gasteiger partial charge is 0.415 e. The minimum atomic E-state index is -4.24. The Balaban J connectivity index is 1.33. The predicted molar refractivity (Wildman–Crippen MR) is 139 cm³/mol. The highest BCUT2D eigenvalue weighted by Crippen LogP contribution is 2.50. The summed E-state index contributed by atoms with van der Waals surface area (Å²) in [6, 6.07) is 0.255. The zero-order valence-corrected chi connectivity index (χ0v) is 23.3. The quantitative estimate of drug-likeness (QED) is 0.246. The summed E-state index contributed by atoms with van der Waals surface area (Å²) in [6.07, 6.45) is -0.582. The predicted octanol–water partition coefficient (Wildman–Crippen LogP) is 3.30. The van der Waals surface area contributed by atoms with Crippen LogP contribution in [0.3, 0.4) is 0 Å². The first-order chi connectivity index (χ1) is 18.7. The molecule has 2 fully saturated rings. The van der Waals surface area contributed by atoms with Crippen molar-refractivity contribution < 1.29 is 39.9 Å². The number of rotatable bonds is 9. The number of sulfonamides is 1. The number of hydrogen-bond donors (Lipinski definition) is 4. The Morgan fingerprint density at radius 2 is 1.98 bits per heavy atom. The van der Waals surface area contributed by atoms with Crippen molar-refractivity contribution in [2.45, 2.75) is 74.2 Å². The molecule has 40 heavy (non-hydrogen) atoms. The van der Waals surface area contributed by atoms with Crippen molar-refractivity contribution in [3.63, 3.8) is 0 Å². The van der Waals surface area contributed by atoms with Crippen molar-refractivity contribution in [1.82, 2.24) is 19.8 Å². The molecule has 4 N–H and O–H groups in total. The number of amides is 1. The molecule has 2 heterocycles. The third kappa shape index (κ3) is 6.18. The fraction of sp³-hybridized carbons (Fsp3) is 0.591. The molecule has 2 aromatic rings. The maximum absolute atomic E-state index is 13.5. The molecule has 0 bridgehead atoms. The molecule has 0 aliphatic heterocycles. The fourth-order valence-corrected chi connectivity index (χ4v) is 8.22. The normalized spacial score (nSPS) is 25.1. The van der Waals surface area contributed by atoms with E-state index in [4.69, 9.17) is 12.2 Å². The van der Waals surface area contributed by atoms with Gasteiger partial charge in [0.2, 0.25) is 21.8 Å². The van der Waals surface area contributed by atoms with Crippen LogP contribution in [0.15, 0.2) is 11.0 Å². The molecule has 1 amide bonds. The number of nitrogens with zero attached hydrogens (tertiary/aromatic N) is 2. The number of thiophene rings is 1. The molecule has 0 aromatic carbocycles. The first-order valence-electron chi connectivity index (χ1n) is 12.3. The lowest BCUT2D eigenvalue weighted by molar-refractivity contribution is -0.119. The Kier molecular flexibility index (Phi) is 7.73. The highest BCUT2D eigenvalue weighted by molar-refractivity contribution is 7.90. The average Bonchev–Trinajstić information content (AvgIpc) is 3.11. The second-order valence-corrected chi connectivity index (χ2v) is 13.1. The van der Waals surface area contributed by atoms with Gasteiger partial charge in [0, 0.05) is 36.5 Å². The van der Waals surface area contributed by atoms with E-state index in [9.17, 15) is 35.2 Å². The van der Waals surface area contributed by atoms with E-state index in [0.29, 0.717) is 23.3 Å². The molecule has 5 rings (SSSR count). The number of halogens is 5. The van der Waals surface area contributed by atoms with Gasteiger partial charge in [-0.25, -0.2) is 31.0 Å². The van der Waals surface area contributed by atoms with Crippen LogP contribution in [0.4, 0.5) is 32.8 Å². The first kappa shape index (κ1) is 28.9. The van der Waals surface area contributed by atoms with Crippen molar-refractivity contribution in [3.8, 4) is 5.88 Å². The van der Waals surface area contributed by atoms with Crippen molar-refractivity contribution >= 4 is 55.4 Å². The van der Waals surface area contributed by atoms with Crippen LogP contribution in [-0.4, -0.2) is 60.0 Å². The summed E-state index contributed by atoms with van der Waals surface area (Å²) in [7, 11) is -2.74. The van der Waals surface area contributed by atoms with Crippen LogP contribution in [-0.2, 0) is 34.7 Å². The van der Waals surface area contributed by atoms with E-state index in [2.05, 4.69) is 30.5 Å². The molecule has 3 aliphatic carbocycles. The van der Waals surface area contributed by atoms with Gasteiger partial charge in [0.15, 0.2) is 5.11 Å². The number of aryl methyl sites for hydroxylation is 2. The summed E-state index contributed by atoms with van der Waals surface area (Å²) in [5.74, 6) is -5.65. The number of fused-ring (bicyclic) bond motifs is 1.